The van der Waals surface area contributed by atoms with Gasteiger partial charge in [-0.3, -0.25) is 4.79 Å². The number of carbonyl (C=O) groups is 1. The fourth-order valence-electron chi connectivity index (χ4n) is 4.68. The number of amides is 1. The predicted molar refractivity (Wildman–Crippen MR) is 127 cm³/mol. The van der Waals surface area contributed by atoms with Crippen LogP contribution < -0.4 is 10.6 Å². The molecule has 1 aliphatic carbocycles. The first-order valence-corrected chi connectivity index (χ1v) is 12.7. The molecule has 1 saturated carbocycles. The van der Waals surface area contributed by atoms with Gasteiger partial charge in [0.05, 0.1) is 34.4 Å². The van der Waals surface area contributed by atoms with E-state index in [0.717, 1.165) is 0 Å². The van der Waals surface area contributed by atoms with Crippen molar-refractivity contribution in [3.63, 3.8) is 0 Å². The summed E-state index contributed by atoms with van der Waals surface area (Å²) in [4.78, 5) is 18.0. The smallest absolute Gasteiger partial charge is 0.378 e. The average Bonchev–Trinajstić information content (AvgIpc) is 3.42. The molecule has 1 saturated heterocycles. The molecule has 3 aromatic rings. The van der Waals surface area contributed by atoms with Gasteiger partial charge in [-0.25, -0.2) is 13.2 Å². The van der Waals surface area contributed by atoms with Crippen molar-refractivity contribution in [2.45, 2.75) is 54.5 Å². The Balaban J connectivity index is 1.40. The summed E-state index contributed by atoms with van der Waals surface area (Å²) in [5, 5.41) is 9.14. The second kappa shape index (κ2) is 9.98. The number of piperidine rings is 1. The molecule has 2 N–H and O–H groups in total. The van der Waals surface area contributed by atoms with Gasteiger partial charge in [0.25, 0.3) is 0 Å². The van der Waals surface area contributed by atoms with Gasteiger partial charge in [0.15, 0.2) is 0 Å². The molecule has 2 aliphatic rings. The molecule has 0 unspecified atom stereocenters. The zero-order valence-electron chi connectivity index (χ0n) is 20.1. The predicted octanol–water partition coefficient (Wildman–Crippen LogP) is 4.72. The third-order valence-electron chi connectivity index (χ3n) is 6.65. The van der Waals surface area contributed by atoms with E-state index in [1.54, 1.807) is 12.1 Å². The van der Waals surface area contributed by atoms with Crippen molar-refractivity contribution in [1.29, 1.82) is 0 Å². The van der Waals surface area contributed by atoms with Gasteiger partial charge in [-0.2, -0.15) is 18.2 Å². The summed E-state index contributed by atoms with van der Waals surface area (Å²) in [5.41, 5.74) is -3.78. The number of fused-ring (bicyclic) bond motifs is 1. The highest BCUT2D eigenvalue weighted by Gasteiger charge is 2.48. The van der Waals surface area contributed by atoms with Crippen molar-refractivity contribution in [3.8, 4) is 11.4 Å². The van der Waals surface area contributed by atoms with Crippen molar-refractivity contribution in [2.75, 3.05) is 25.5 Å². The molecule has 0 radical (unpaired) electrons. The van der Waals surface area contributed by atoms with E-state index in [2.05, 4.69) is 20.8 Å². The number of rotatable bonds is 7. The van der Waals surface area contributed by atoms with E-state index in [1.807, 2.05) is 11.9 Å². The number of likely N-dealkylation sites (tertiary alicyclic amines) is 1. The van der Waals surface area contributed by atoms with E-state index in [-0.39, 0.29) is 47.2 Å². The van der Waals surface area contributed by atoms with Crippen LogP contribution in [0.15, 0.2) is 33.9 Å². The van der Waals surface area contributed by atoms with E-state index in [4.69, 9.17) is 4.52 Å². The van der Waals surface area contributed by atoms with Crippen LogP contribution in [0, 0.1) is 5.92 Å². The Bertz CT molecular complexity index is 1320. The number of alkyl halides is 6. The first-order chi connectivity index (χ1) is 17.9. The Hall–Kier alpha value is -2.94. The van der Waals surface area contributed by atoms with Gasteiger partial charge in [-0.05, 0) is 31.7 Å². The number of nitrogens with zero attached hydrogens (tertiary/aromatic N) is 4. The zero-order chi connectivity index (χ0) is 27.2. The van der Waals surface area contributed by atoms with Gasteiger partial charge in [0, 0.05) is 49.8 Å². The van der Waals surface area contributed by atoms with Gasteiger partial charge >= 0.3 is 5.51 Å². The summed E-state index contributed by atoms with van der Waals surface area (Å²) >= 11 is -0.352. The molecule has 2 atom stereocenters. The van der Waals surface area contributed by atoms with Crippen LogP contribution in [0.25, 0.3) is 16.9 Å². The summed E-state index contributed by atoms with van der Waals surface area (Å²) in [6.07, 6.45) is -0.265. The fraction of sp³-hybridized carbons (Fsp3) is 0.522. The van der Waals surface area contributed by atoms with Crippen LogP contribution in [-0.4, -0.2) is 69.1 Å². The largest absolute Gasteiger partial charge is 0.447 e. The highest BCUT2D eigenvalue weighted by atomic mass is 32.2. The lowest BCUT2D eigenvalue weighted by atomic mass is 9.81. The van der Waals surface area contributed by atoms with Crippen LogP contribution in [-0.2, 0) is 11.3 Å². The Morgan fingerprint density at radius 3 is 2.76 bits per heavy atom. The third-order valence-corrected chi connectivity index (χ3v) is 7.49. The topological polar surface area (TPSA) is 87.7 Å². The Kier molecular flexibility index (Phi) is 7.00. The Morgan fingerprint density at radius 1 is 1.32 bits per heavy atom. The summed E-state index contributed by atoms with van der Waals surface area (Å²) in [6.45, 7) is 0.658. The lowest BCUT2D eigenvalue weighted by Crippen LogP contribution is -2.46. The first-order valence-electron chi connectivity index (χ1n) is 11.9. The van der Waals surface area contributed by atoms with Crippen LogP contribution in [0.2, 0.25) is 0 Å². The third kappa shape index (κ3) is 5.72. The van der Waals surface area contributed by atoms with Crippen molar-refractivity contribution >= 4 is 28.9 Å². The van der Waals surface area contributed by atoms with Crippen molar-refractivity contribution < 1.29 is 35.7 Å². The molecule has 38 heavy (non-hydrogen) atoms. The van der Waals surface area contributed by atoms with E-state index >= 15 is 0 Å². The number of anilines is 1. The van der Waals surface area contributed by atoms with E-state index in [0.29, 0.717) is 24.2 Å². The Morgan fingerprint density at radius 2 is 2.08 bits per heavy atom. The molecule has 0 aromatic carbocycles. The summed E-state index contributed by atoms with van der Waals surface area (Å²) in [7, 11) is 1.82. The van der Waals surface area contributed by atoms with Gasteiger partial charge in [-0.1, -0.05) is 5.16 Å². The molecule has 1 aliphatic heterocycles. The molecule has 206 valence electrons. The van der Waals surface area contributed by atoms with Gasteiger partial charge in [0.2, 0.25) is 23.5 Å². The second-order valence-corrected chi connectivity index (χ2v) is 10.7. The monoisotopic (exact) mass is 562 g/mol. The maximum absolute atomic E-state index is 14.6. The summed E-state index contributed by atoms with van der Waals surface area (Å²) in [6, 6.07) is 4.17. The summed E-state index contributed by atoms with van der Waals surface area (Å²) in [5.74, 6) is -4.50. The number of pyridine rings is 1. The number of aromatic nitrogens is 3. The molecule has 0 spiro atoms. The highest BCUT2D eigenvalue weighted by molar-refractivity contribution is 8.00. The molecule has 0 bridgehead atoms. The van der Waals surface area contributed by atoms with E-state index in [9.17, 15) is 31.1 Å². The quantitative estimate of drug-likeness (QED) is 0.319. The second-order valence-electron chi connectivity index (χ2n) is 9.60. The first kappa shape index (κ1) is 26.7. The van der Waals surface area contributed by atoms with Gasteiger partial charge < -0.3 is 24.5 Å². The average molecular weight is 563 g/mol. The number of thioether (sulfide) groups is 1. The van der Waals surface area contributed by atoms with Crippen LogP contribution in [0.3, 0.4) is 0 Å². The lowest BCUT2D eigenvalue weighted by Gasteiger charge is -2.33. The molecule has 4 heterocycles. The van der Waals surface area contributed by atoms with Crippen molar-refractivity contribution in [2.24, 2.45) is 5.92 Å². The van der Waals surface area contributed by atoms with Crippen LogP contribution in [0.4, 0.5) is 32.0 Å². The van der Waals surface area contributed by atoms with Gasteiger partial charge in [0.1, 0.15) is 6.17 Å². The standard InChI is InChI=1S/C23H24F6N6O2S/c1-34-6-4-15(14(24)11-34)31-16-3-2-5-35-17(16)7-13(21(35)38-23(27,28)29)19-32-18(37-33-19)10-30-20(36)12-8-22(25,26)9-12/h2-3,5,7,12,14-15,31H,4,6,8-11H2,1H3,(H,30,36)/t14-,15+/m0/s1. The van der Waals surface area contributed by atoms with E-state index in [1.165, 1.54) is 16.7 Å². The Labute approximate surface area is 217 Å². The van der Waals surface area contributed by atoms with Gasteiger partial charge in [-0.15, -0.1) is 0 Å². The number of carbonyl (C=O) groups excluding carboxylic acids is 1. The normalized spacial score (nSPS) is 22.4. The van der Waals surface area contributed by atoms with Crippen LogP contribution in [0.5, 0.6) is 0 Å². The zero-order valence-corrected chi connectivity index (χ0v) is 20.9. The maximum atomic E-state index is 14.6. The minimum atomic E-state index is -4.63. The van der Waals surface area contributed by atoms with Crippen LogP contribution in [0.1, 0.15) is 25.2 Å². The lowest BCUT2D eigenvalue weighted by molar-refractivity contribution is -0.150. The molecule has 3 aromatic heterocycles. The molecular weight excluding hydrogens is 538 g/mol. The number of hydrogen-bond acceptors (Lipinski definition) is 7. The maximum Gasteiger partial charge on any atom is 0.447 e. The highest BCUT2D eigenvalue weighted by Crippen LogP contribution is 2.44. The van der Waals surface area contributed by atoms with Crippen LogP contribution >= 0.6 is 11.8 Å². The molecule has 15 heteroatoms. The molecule has 2 fully saturated rings. The minimum absolute atomic E-state index is 0.0294. The fourth-order valence-corrected chi connectivity index (χ4v) is 5.42. The molecule has 5 rings (SSSR count). The van der Waals surface area contributed by atoms with Crippen molar-refractivity contribution in [1.82, 2.24) is 24.8 Å². The SMILES string of the molecule is CN1CC[C@@H](Nc2cccn3c(SC(F)(F)F)c(-c4noc(CNC(=O)C5CC(F)(F)C5)n4)cc23)[C@@H](F)C1. The van der Waals surface area contributed by atoms with E-state index < -0.39 is 48.3 Å². The number of hydrogen-bond donors (Lipinski definition) is 2. The molecule has 8 nitrogen and oxygen atoms in total. The summed E-state index contributed by atoms with van der Waals surface area (Å²) < 4.78 is 87.6. The minimum Gasteiger partial charge on any atom is -0.378 e. The molecule has 1 amide bonds. The van der Waals surface area contributed by atoms with Crippen molar-refractivity contribution in [3.05, 3.63) is 30.3 Å². The molecular formula is C23H24F6N6O2S. The number of halogens is 6. The number of nitrogens with one attached hydrogen (secondary N) is 2.